The Hall–Kier alpha value is -1.14. The molecule has 0 spiro atoms. The molecule has 1 saturated carbocycles. The molecule has 0 bridgehead atoms. The lowest BCUT2D eigenvalue weighted by Gasteiger charge is -2.12. The van der Waals surface area contributed by atoms with Crippen LogP contribution in [0.4, 0.5) is 10.8 Å². The van der Waals surface area contributed by atoms with Gasteiger partial charge < -0.3 is 11.1 Å². The molecule has 0 unspecified atom stereocenters. The Bertz CT molecular complexity index is 540. The molecule has 0 radical (unpaired) electrons. The molecule has 2 heterocycles. The zero-order valence-electron chi connectivity index (χ0n) is 10.3. The van der Waals surface area contributed by atoms with Crippen LogP contribution in [-0.4, -0.2) is 15.4 Å². The van der Waals surface area contributed by atoms with E-state index in [1.807, 2.05) is 6.92 Å². The number of rotatable bonds is 3. The fourth-order valence-electron chi connectivity index (χ4n) is 2.38. The fourth-order valence-corrected chi connectivity index (χ4v) is 3.79. The molecular weight excluding hydrogens is 264 g/mol. The van der Waals surface area contributed by atoms with Gasteiger partial charge in [0.05, 0.1) is 16.3 Å². The normalized spacial score (nSPS) is 16.3. The Labute approximate surface area is 114 Å². The summed E-state index contributed by atoms with van der Waals surface area (Å²) in [5.41, 5.74) is 7.91. The molecule has 2 aromatic rings. The molecule has 1 aliphatic carbocycles. The van der Waals surface area contributed by atoms with E-state index in [1.54, 1.807) is 11.3 Å². The fraction of sp³-hybridized carbons (Fsp3) is 0.500. The summed E-state index contributed by atoms with van der Waals surface area (Å²) in [6, 6.07) is 0.573. The van der Waals surface area contributed by atoms with Crippen molar-refractivity contribution in [1.29, 1.82) is 0 Å². The number of thiazole rings is 1. The minimum absolute atomic E-state index is 0.573. The molecule has 0 aromatic carbocycles. The molecular formula is C12H16N4S2. The molecule has 3 rings (SSSR count). The second-order valence-corrected chi connectivity index (χ2v) is 6.49. The first kappa shape index (κ1) is 11.9. The lowest BCUT2D eigenvalue weighted by Crippen LogP contribution is -2.14. The van der Waals surface area contributed by atoms with Crippen LogP contribution in [0.3, 0.4) is 0 Å². The van der Waals surface area contributed by atoms with Crippen molar-refractivity contribution in [1.82, 2.24) is 9.36 Å². The van der Waals surface area contributed by atoms with Gasteiger partial charge in [0, 0.05) is 11.4 Å². The van der Waals surface area contributed by atoms with Crippen molar-refractivity contribution in [2.75, 3.05) is 11.1 Å². The summed E-state index contributed by atoms with van der Waals surface area (Å²) in [4.78, 5) is 4.51. The average Bonchev–Trinajstić information content (AvgIpc) is 3.03. The van der Waals surface area contributed by atoms with Crippen LogP contribution in [0, 0.1) is 6.92 Å². The first-order valence-electron chi connectivity index (χ1n) is 6.18. The summed E-state index contributed by atoms with van der Waals surface area (Å²) in [5.74, 6) is 0.589. The van der Waals surface area contributed by atoms with Crippen molar-refractivity contribution >= 4 is 33.7 Å². The molecule has 96 valence electrons. The molecule has 0 saturated heterocycles. The van der Waals surface area contributed by atoms with Gasteiger partial charge in [0.1, 0.15) is 10.8 Å². The van der Waals surface area contributed by atoms with Crippen molar-refractivity contribution < 1.29 is 0 Å². The largest absolute Gasteiger partial charge is 0.382 e. The SMILES string of the molecule is Cc1nc(-c2c(N)nsc2NC2CCCC2)cs1. The second-order valence-electron chi connectivity index (χ2n) is 4.65. The molecule has 0 aliphatic heterocycles. The van der Waals surface area contributed by atoms with Crippen molar-refractivity contribution in [3.8, 4) is 11.3 Å². The molecule has 18 heavy (non-hydrogen) atoms. The topological polar surface area (TPSA) is 63.8 Å². The Morgan fingerprint density at radius 1 is 1.39 bits per heavy atom. The second kappa shape index (κ2) is 4.85. The Kier molecular flexibility index (Phi) is 3.22. The van der Waals surface area contributed by atoms with Gasteiger partial charge >= 0.3 is 0 Å². The standard InChI is InChI=1S/C12H16N4S2/c1-7-14-9(6-17-7)10-11(13)16-18-12(10)15-8-4-2-3-5-8/h6,8,15H,2-5H2,1H3,(H2,13,16). The maximum Gasteiger partial charge on any atom is 0.148 e. The maximum atomic E-state index is 5.98. The van der Waals surface area contributed by atoms with Crippen molar-refractivity contribution in [2.45, 2.75) is 38.6 Å². The van der Waals surface area contributed by atoms with Crippen LogP contribution in [0.5, 0.6) is 0 Å². The average molecular weight is 280 g/mol. The highest BCUT2D eigenvalue weighted by Crippen LogP contribution is 2.38. The predicted octanol–water partition coefficient (Wildman–Crippen LogP) is 3.51. The quantitative estimate of drug-likeness (QED) is 0.903. The smallest absolute Gasteiger partial charge is 0.148 e. The van der Waals surface area contributed by atoms with Crippen LogP contribution < -0.4 is 11.1 Å². The molecule has 1 aliphatic rings. The van der Waals surface area contributed by atoms with Crippen LogP contribution in [0.2, 0.25) is 0 Å². The van der Waals surface area contributed by atoms with Crippen LogP contribution >= 0.6 is 22.9 Å². The van der Waals surface area contributed by atoms with E-state index in [0.29, 0.717) is 11.9 Å². The maximum absolute atomic E-state index is 5.98. The third-order valence-electron chi connectivity index (χ3n) is 3.28. The minimum atomic E-state index is 0.573. The number of aryl methyl sites for hydroxylation is 1. The molecule has 4 nitrogen and oxygen atoms in total. The highest BCUT2D eigenvalue weighted by Gasteiger charge is 2.21. The summed E-state index contributed by atoms with van der Waals surface area (Å²) in [7, 11) is 0. The third kappa shape index (κ3) is 2.22. The van der Waals surface area contributed by atoms with Crippen LogP contribution in [0.25, 0.3) is 11.3 Å². The molecule has 1 fully saturated rings. The van der Waals surface area contributed by atoms with E-state index in [1.165, 1.54) is 37.2 Å². The summed E-state index contributed by atoms with van der Waals surface area (Å²) < 4.78 is 4.27. The molecule has 0 amide bonds. The van der Waals surface area contributed by atoms with Crippen molar-refractivity contribution in [3.05, 3.63) is 10.4 Å². The van der Waals surface area contributed by atoms with E-state index in [9.17, 15) is 0 Å². The molecule has 6 heteroatoms. The van der Waals surface area contributed by atoms with E-state index in [2.05, 4.69) is 20.1 Å². The highest BCUT2D eigenvalue weighted by atomic mass is 32.1. The monoisotopic (exact) mass is 280 g/mol. The number of aromatic nitrogens is 2. The van der Waals surface area contributed by atoms with E-state index >= 15 is 0 Å². The number of nitrogen functional groups attached to an aromatic ring is 1. The van der Waals surface area contributed by atoms with Gasteiger partial charge in [-0.15, -0.1) is 11.3 Å². The molecule has 2 aromatic heterocycles. The molecule has 0 atom stereocenters. The number of nitrogens with zero attached hydrogens (tertiary/aromatic N) is 2. The molecule has 3 N–H and O–H groups in total. The summed E-state index contributed by atoms with van der Waals surface area (Å²) in [5, 5.41) is 7.76. The van der Waals surface area contributed by atoms with Gasteiger partial charge in [0.15, 0.2) is 0 Å². The first-order chi connectivity index (χ1) is 8.74. The van der Waals surface area contributed by atoms with E-state index in [4.69, 9.17) is 5.73 Å². The van der Waals surface area contributed by atoms with Crippen LogP contribution in [0.15, 0.2) is 5.38 Å². The van der Waals surface area contributed by atoms with E-state index < -0.39 is 0 Å². The highest BCUT2D eigenvalue weighted by molar-refractivity contribution is 7.11. The number of nitrogens with two attached hydrogens (primary N) is 1. The van der Waals surface area contributed by atoms with Gasteiger partial charge in [-0.3, -0.25) is 0 Å². The van der Waals surface area contributed by atoms with Gasteiger partial charge in [0.25, 0.3) is 0 Å². The number of hydrogen-bond donors (Lipinski definition) is 2. The van der Waals surface area contributed by atoms with Crippen LogP contribution in [-0.2, 0) is 0 Å². The number of nitrogens with one attached hydrogen (secondary N) is 1. The van der Waals surface area contributed by atoms with E-state index in [0.717, 1.165) is 21.3 Å². The summed E-state index contributed by atoms with van der Waals surface area (Å²) >= 11 is 3.09. The summed E-state index contributed by atoms with van der Waals surface area (Å²) in [6.07, 6.45) is 5.12. The van der Waals surface area contributed by atoms with Crippen LogP contribution in [0.1, 0.15) is 30.7 Å². The lowest BCUT2D eigenvalue weighted by molar-refractivity contribution is 0.758. The van der Waals surface area contributed by atoms with Gasteiger partial charge in [-0.25, -0.2) is 4.98 Å². The Morgan fingerprint density at radius 2 is 2.17 bits per heavy atom. The zero-order chi connectivity index (χ0) is 12.5. The Balaban J connectivity index is 1.90. The van der Waals surface area contributed by atoms with E-state index in [-0.39, 0.29) is 0 Å². The minimum Gasteiger partial charge on any atom is -0.382 e. The number of hydrogen-bond acceptors (Lipinski definition) is 6. The first-order valence-corrected chi connectivity index (χ1v) is 7.83. The van der Waals surface area contributed by atoms with Gasteiger partial charge in [0.2, 0.25) is 0 Å². The van der Waals surface area contributed by atoms with Crippen molar-refractivity contribution in [3.63, 3.8) is 0 Å². The van der Waals surface area contributed by atoms with Gasteiger partial charge in [-0.1, -0.05) is 12.8 Å². The third-order valence-corrected chi connectivity index (χ3v) is 4.85. The summed E-state index contributed by atoms with van der Waals surface area (Å²) in [6.45, 7) is 2.01. The van der Waals surface area contributed by atoms with Crippen molar-refractivity contribution in [2.24, 2.45) is 0 Å². The number of anilines is 2. The van der Waals surface area contributed by atoms with Gasteiger partial charge in [-0.05, 0) is 31.3 Å². The predicted molar refractivity (Wildman–Crippen MR) is 78.3 cm³/mol. The van der Waals surface area contributed by atoms with Gasteiger partial charge in [-0.2, -0.15) is 4.37 Å². The Morgan fingerprint density at radius 3 is 2.83 bits per heavy atom. The lowest BCUT2D eigenvalue weighted by atomic mass is 10.2. The zero-order valence-corrected chi connectivity index (χ0v) is 11.9.